The van der Waals surface area contributed by atoms with Crippen LogP contribution >= 0.6 is 0 Å². The number of carboxylic acid groups (broad SMARTS) is 1. The van der Waals surface area contributed by atoms with E-state index >= 15 is 0 Å². The van der Waals surface area contributed by atoms with Crippen molar-refractivity contribution in [3.63, 3.8) is 0 Å². The fraction of sp³-hybridized carbons (Fsp3) is 0.150. The van der Waals surface area contributed by atoms with E-state index in [4.69, 9.17) is 14.6 Å². The van der Waals surface area contributed by atoms with E-state index in [1.807, 2.05) is 18.2 Å². The normalized spacial score (nSPS) is 10.2. The van der Waals surface area contributed by atoms with E-state index in [1.165, 1.54) is 12.4 Å². The first kappa shape index (κ1) is 19.0. The number of carboxylic acids is 1. The molecule has 1 heterocycles. The molecule has 0 atom stereocenters. The first-order valence-electron chi connectivity index (χ1n) is 8.46. The number of ether oxygens (including phenoxy) is 2. The zero-order valence-corrected chi connectivity index (χ0v) is 15.5. The third-order valence-corrected chi connectivity index (χ3v) is 3.97. The number of rotatable bonds is 8. The van der Waals surface area contributed by atoms with Crippen LogP contribution in [0.2, 0.25) is 0 Å². The Morgan fingerprint density at radius 1 is 1.00 bits per heavy atom. The lowest BCUT2D eigenvalue weighted by molar-refractivity contribution is 0.0697. The highest BCUT2D eigenvalue weighted by atomic mass is 16.5. The van der Waals surface area contributed by atoms with Crippen LogP contribution in [-0.2, 0) is 6.54 Å². The number of benzene rings is 2. The standard InChI is InChI=1S/C20H20N4O4/c1-27-16-7-6-13(8-17(16)28-2)11-21-18-10-19(23-12-22-18)24-15-5-3-4-14(9-15)20(25)26/h3-10,12H,11H2,1-2H3,(H,25,26)(H2,21,22,23,24). The Morgan fingerprint density at radius 3 is 2.54 bits per heavy atom. The lowest BCUT2D eigenvalue weighted by Crippen LogP contribution is -2.04. The lowest BCUT2D eigenvalue weighted by Gasteiger charge is -2.11. The fourth-order valence-corrected chi connectivity index (χ4v) is 2.58. The van der Waals surface area contributed by atoms with Crippen molar-refractivity contribution in [3.05, 3.63) is 66.0 Å². The number of aromatic carboxylic acids is 1. The third-order valence-electron chi connectivity index (χ3n) is 3.97. The minimum absolute atomic E-state index is 0.200. The Morgan fingerprint density at radius 2 is 1.79 bits per heavy atom. The highest BCUT2D eigenvalue weighted by Gasteiger charge is 2.06. The Balaban J connectivity index is 1.68. The smallest absolute Gasteiger partial charge is 0.335 e. The molecule has 0 fully saturated rings. The van der Waals surface area contributed by atoms with Gasteiger partial charge in [0.15, 0.2) is 11.5 Å². The van der Waals surface area contributed by atoms with Crippen LogP contribution in [0, 0.1) is 0 Å². The molecule has 0 aliphatic rings. The van der Waals surface area contributed by atoms with Crippen LogP contribution in [0.25, 0.3) is 0 Å². The molecule has 2 aromatic carbocycles. The molecule has 0 aliphatic heterocycles. The molecule has 3 rings (SSSR count). The van der Waals surface area contributed by atoms with Gasteiger partial charge in [0.2, 0.25) is 0 Å². The maximum absolute atomic E-state index is 11.1. The van der Waals surface area contributed by atoms with Gasteiger partial charge in [0.1, 0.15) is 18.0 Å². The fourth-order valence-electron chi connectivity index (χ4n) is 2.58. The second-order valence-corrected chi connectivity index (χ2v) is 5.84. The summed E-state index contributed by atoms with van der Waals surface area (Å²) in [6.45, 7) is 0.533. The second-order valence-electron chi connectivity index (χ2n) is 5.84. The van der Waals surface area contributed by atoms with Gasteiger partial charge in [0.25, 0.3) is 0 Å². The van der Waals surface area contributed by atoms with E-state index in [0.717, 1.165) is 5.56 Å². The molecule has 0 aliphatic carbocycles. The number of nitrogens with zero attached hydrogens (tertiary/aromatic N) is 2. The molecular weight excluding hydrogens is 360 g/mol. The summed E-state index contributed by atoms with van der Waals surface area (Å²) in [5.41, 5.74) is 1.83. The first-order chi connectivity index (χ1) is 13.6. The molecule has 28 heavy (non-hydrogen) atoms. The van der Waals surface area contributed by atoms with Crippen LogP contribution in [0.3, 0.4) is 0 Å². The van der Waals surface area contributed by atoms with Gasteiger partial charge in [0.05, 0.1) is 19.8 Å². The number of methoxy groups -OCH3 is 2. The zero-order valence-electron chi connectivity index (χ0n) is 15.5. The highest BCUT2D eigenvalue weighted by molar-refractivity contribution is 5.89. The number of aromatic nitrogens is 2. The van der Waals surface area contributed by atoms with Crippen LogP contribution in [-0.4, -0.2) is 35.3 Å². The van der Waals surface area contributed by atoms with Crippen LogP contribution in [0.15, 0.2) is 54.9 Å². The molecule has 3 N–H and O–H groups in total. The van der Waals surface area contributed by atoms with Crippen LogP contribution in [0.1, 0.15) is 15.9 Å². The number of hydrogen-bond donors (Lipinski definition) is 3. The maximum atomic E-state index is 11.1. The molecule has 3 aromatic rings. The van der Waals surface area contributed by atoms with Crippen LogP contribution < -0.4 is 20.1 Å². The quantitative estimate of drug-likeness (QED) is 0.545. The van der Waals surface area contributed by atoms with Gasteiger partial charge in [-0.1, -0.05) is 12.1 Å². The summed E-state index contributed by atoms with van der Waals surface area (Å²) in [6, 6.07) is 13.9. The van der Waals surface area contributed by atoms with Crippen molar-refractivity contribution >= 4 is 23.3 Å². The van der Waals surface area contributed by atoms with E-state index in [1.54, 1.807) is 38.5 Å². The molecule has 0 saturated carbocycles. The van der Waals surface area contributed by atoms with Gasteiger partial charge in [0, 0.05) is 18.3 Å². The highest BCUT2D eigenvalue weighted by Crippen LogP contribution is 2.28. The van der Waals surface area contributed by atoms with Crippen molar-refractivity contribution in [1.29, 1.82) is 0 Å². The van der Waals surface area contributed by atoms with Crippen molar-refractivity contribution in [3.8, 4) is 11.5 Å². The average molecular weight is 380 g/mol. The first-order valence-corrected chi connectivity index (χ1v) is 8.46. The van der Waals surface area contributed by atoms with Gasteiger partial charge in [-0.05, 0) is 35.9 Å². The molecule has 0 saturated heterocycles. The summed E-state index contributed by atoms with van der Waals surface area (Å²) in [4.78, 5) is 19.5. The molecule has 0 bridgehead atoms. The van der Waals surface area contributed by atoms with E-state index in [2.05, 4.69) is 20.6 Å². The summed E-state index contributed by atoms with van der Waals surface area (Å²) < 4.78 is 10.5. The number of carbonyl (C=O) groups is 1. The average Bonchev–Trinajstić information content (AvgIpc) is 2.72. The molecule has 0 radical (unpaired) electrons. The van der Waals surface area contributed by atoms with Crippen LogP contribution in [0.5, 0.6) is 11.5 Å². The minimum atomic E-state index is -0.983. The van der Waals surface area contributed by atoms with Crippen molar-refractivity contribution in [2.75, 3.05) is 24.9 Å². The van der Waals surface area contributed by atoms with Crippen molar-refractivity contribution < 1.29 is 19.4 Å². The Bertz CT molecular complexity index is 978. The summed E-state index contributed by atoms with van der Waals surface area (Å²) in [6.07, 6.45) is 1.43. The van der Waals surface area contributed by atoms with Crippen molar-refractivity contribution in [2.45, 2.75) is 6.54 Å². The Labute approximate surface area is 162 Å². The molecular formula is C20H20N4O4. The second kappa shape index (κ2) is 8.72. The Hall–Kier alpha value is -3.81. The van der Waals surface area contributed by atoms with Gasteiger partial charge in [-0.2, -0.15) is 0 Å². The summed E-state index contributed by atoms with van der Waals surface area (Å²) in [7, 11) is 3.19. The number of nitrogens with one attached hydrogen (secondary N) is 2. The van der Waals surface area contributed by atoms with Crippen LogP contribution in [0.4, 0.5) is 17.3 Å². The molecule has 144 valence electrons. The minimum Gasteiger partial charge on any atom is -0.493 e. The summed E-state index contributed by atoms with van der Waals surface area (Å²) in [5, 5.41) is 15.4. The van der Waals surface area contributed by atoms with E-state index in [-0.39, 0.29) is 5.56 Å². The zero-order chi connectivity index (χ0) is 19.9. The molecule has 8 nitrogen and oxygen atoms in total. The van der Waals surface area contributed by atoms with Crippen molar-refractivity contribution in [2.24, 2.45) is 0 Å². The molecule has 0 unspecified atom stereocenters. The molecule has 0 amide bonds. The van der Waals surface area contributed by atoms with E-state index in [0.29, 0.717) is 35.4 Å². The summed E-state index contributed by atoms with van der Waals surface area (Å²) >= 11 is 0. The van der Waals surface area contributed by atoms with Gasteiger partial charge in [-0.15, -0.1) is 0 Å². The van der Waals surface area contributed by atoms with Crippen molar-refractivity contribution in [1.82, 2.24) is 9.97 Å². The maximum Gasteiger partial charge on any atom is 0.335 e. The van der Waals surface area contributed by atoms with Gasteiger partial charge in [-0.3, -0.25) is 0 Å². The SMILES string of the molecule is COc1ccc(CNc2cc(Nc3cccc(C(=O)O)c3)ncn2)cc1OC. The van der Waals surface area contributed by atoms with E-state index < -0.39 is 5.97 Å². The van der Waals surface area contributed by atoms with E-state index in [9.17, 15) is 4.79 Å². The predicted molar refractivity (Wildman–Crippen MR) is 106 cm³/mol. The largest absolute Gasteiger partial charge is 0.493 e. The van der Waals surface area contributed by atoms with Gasteiger partial charge < -0.3 is 25.2 Å². The number of anilines is 3. The summed E-state index contributed by atoms with van der Waals surface area (Å²) in [5.74, 6) is 1.52. The lowest BCUT2D eigenvalue weighted by atomic mass is 10.2. The number of hydrogen-bond acceptors (Lipinski definition) is 7. The molecule has 8 heteroatoms. The predicted octanol–water partition coefficient (Wildman–Crippen LogP) is 3.55. The topological polar surface area (TPSA) is 106 Å². The van der Waals surface area contributed by atoms with Gasteiger partial charge in [-0.25, -0.2) is 14.8 Å². The molecule has 0 spiro atoms. The molecule has 1 aromatic heterocycles. The van der Waals surface area contributed by atoms with Gasteiger partial charge >= 0.3 is 5.97 Å². The monoisotopic (exact) mass is 380 g/mol. The third kappa shape index (κ3) is 4.67. The Kier molecular flexibility index (Phi) is 5.91.